The van der Waals surface area contributed by atoms with E-state index in [1.165, 1.54) is 212 Å². The maximum atomic E-state index is 12.9. The van der Waals surface area contributed by atoms with E-state index < -0.39 is 26.5 Å². The zero-order chi connectivity index (χ0) is 65.5. The lowest BCUT2D eigenvalue weighted by Crippen LogP contribution is -2.37. The highest BCUT2D eigenvalue weighted by atomic mass is 31.2. The lowest BCUT2D eigenvalue weighted by atomic mass is 10.0. The Bertz CT molecular complexity index is 1890. The first-order valence-electron chi connectivity index (χ1n) is 37.6. The minimum absolute atomic E-state index is 0.0300. The highest BCUT2D eigenvalue weighted by molar-refractivity contribution is 7.47. The summed E-state index contributed by atoms with van der Waals surface area (Å²) in [6.07, 6.45) is 99.3. The van der Waals surface area contributed by atoms with Crippen LogP contribution in [0, 0.1) is 0 Å². The second-order valence-electron chi connectivity index (χ2n) is 26.3. The molecule has 0 spiro atoms. The third-order valence-electron chi connectivity index (χ3n) is 16.3. The van der Waals surface area contributed by atoms with Crippen LogP contribution in [0.5, 0.6) is 0 Å². The molecule has 0 rings (SSSR count). The number of quaternary nitrogens is 1. The molecule has 0 saturated heterocycles. The Morgan fingerprint density at radius 3 is 0.889 bits per heavy atom. The van der Waals surface area contributed by atoms with Crippen LogP contribution < -0.4 is 0 Å². The van der Waals surface area contributed by atoms with Gasteiger partial charge in [-0.3, -0.25) is 18.6 Å². The first-order valence-corrected chi connectivity index (χ1v) is 39.1. The Morgan fingerprint density at radius 1 is 0.344 bits per heavy atom. The van der Waals surface area contributed by atoms with Gasteiger partial charge in [-0.25, -0.2) is 4.57 Å². The molecule has 1 N–H and O–H groups in total. The van der Waals surface area contributed by atoms with Crippen molar-refractivity contribution < 1.29 is 42.1 Å². The van der Waals surface area contributed by atoms with Crippen LogP contribution in [0.4, 0.5) is 0 Å². The SMILES string of the molecule is CC/C=C\C/C=C\C/C=C\C/C=C\C/C=C\CCCCCCCCCCCCCCCCCCCCCCCCCCCC(=O)OC(COC(=O)CCCCCCCCCCCCCC/C=C\C/C=C\C/C=C\C/C=C\CC)COP(=O)(O)OCC[N+](C)(C)C. The molecule has 2 unspecified atom stereocenters. The summed E-state index contributed by atoms with van der Waals surface area (Å²) >= 11 is 0. The molecule has 0 saturated carbocycles. The number of hydrogen-bond donors (Lipinski definition) is 1. The maximum absolute atomic E-state index is 12.9. The largest absolute Gasteiger partial charge is 0.472 e. The Hall–Kier alpha value is -3.33. The van der Waals surface area contributed by atoms with E-state index in [4.69, 9.17) is 18.5 Å². The molecule has 0 aromatic carbocycles. The number of unbranched alkanes of at least 4 members (excludes halogenated alkanes) is 37. The average molecular weight is 1280 g/mol. The molecule has 0 fully saturated rings. The van der Waals surface area contributed by atoms with Crippen LogP contribution in [-0.2, 0) is 32.7 Å². The number of nitrogens with zero attached hydrogens (tertiary/aromatic N) is 1. The van der Waals surface area contributed by atoms with Crippen LogP contribution in [0.3, 0.4) is 0 Å². The fourth-order valence-electron chi connectivity index (χ4n) is 10.6. The summed E-state index contributed by atoms with van der Waals surface area (Å²) < 4.78 is 34.8. The predicted molar refractivity (Wildman–Crippen MR) is 390 cm³/mol. The zero-order valence-corrected chi connectivity index (χ0v) is 60.2. The van der Waals surface area contributed by atoms with Crippen molar-refractivity contribution in [1.82, 2.24) is 0 Å². The van der Waals surface area contributed by atoms with Crippen molar-refractivity contribution in [2.45, 2.75) is 341 Å². The van der Waals surface area contributed by atoms with Crippen LogP contribution in [0.1, 0.15) is 335 Å². The quantitative estimate of drug-likeness (QED) is 0.0211. The van der Waals surface area contributed by atoms with Gasteiger partial charge in [-0.1, -0.05) is 335 Å². The van der Waals surface area contributed by atoms with Crippen molar-refractivity contribution in [3.05, 3.63) is 109 Å². The van der Waals surface area contributed by atoms with Crippen LogP contribution in [0.15, 0.2) is 109 Å². The molecule has 0 aromatic heterocycles. The Kier molecular flexibility index (Phi) is 67.4. The molecule has 0 aliphatic carbocycles. The molecule has 0 aromatic rings. The number of hydrogen-bond acceptors (Lipinski definition) is 7. The maximum Gasteiger partial charge on any atom is 0.472 e. The van der Waals surface area contributed by atoms with Gasteiger partial charge in [0.05, 0.1) is 27.7 Å². The second kappa shape index (κ2) is 70.0. The standard InChI is InChI=1S/C80H142NO8P/c1-6-8-10-12-14-16-18-20-22-24-26-28-30-32-33-34-35-36-37-38-39-40-41-42-43-44-45-46-47-49-51-53-55-57-59-61-63-65-67-69-71-73-80(83)89-78(77-88-90(84,85)87-75-74-81(3,4)5)76-86-79(82)72-70-68-66-64-62-60-58-56-54-52-50-48-31-29-27-25-23-21-19-17-15-13-11-9-7-2/h8-11,14-17,20-23,26-29,32-33,78H,6-7,12-13,18-19,24-25,30-31,34-77H2,1-5H3/p+1/b10-8-,11-9-,16-14-,17-15-,22-20-,23-21-,28-26-,29-27-,33-32-. The van der Waals surface area contributed by atoms with E-state index in [1.807, 2.05) is 21.1 Å². The van der Waals surface area contributed by atoms with Crippen molar-refractivity contribution in [3.8, 4) is 0 Å². The molecule has 0 aliphatic heterocycles. The molecule has 0 radical (unpaired) electrons. The zero-order valence-electron chi connectivity index (χ0n) is 59.4. The highest BCUT2D eigenvalue weighted by Gasteiger charge is 2.27. The van der Waals surface area contributed by atoms with Gasteiger partial charge in [0.2, 0.25) is 0 Å². The number of allylic oxidation sites excluding steroid dienone is 18. The molecule has 10 heteroatoms. The molecule has 0 heterocycles. The topological polar surface area (TPSA) is 108 Å². The third kappa shape index (κ3) is 73.7. The number of phosphoric acid groups is 1. The number of carbonyl (C=O) groups is 2. The Labute approximate surface area is 556 Å². The summed E-state index contributed by atoms with van der Waals surface area (Å²) in [4.78, 5) is 35.9. The summed E-state index contributed by atoms with van der Waals surface area (Å²) in [6.45, 7) is 4.24. The smallest absolute Gasteiger partial charge is 0.462 e. The van der Waals surface area contributed by atoms with E-state index in [2.05, 4.69) is 123 Å². The number of rotatable bonds is 69. The fourth-order valence-corrected chi connectivity index (χ4v) is 11.4. The number of likely N-dealkylation sites (N-methyl/N-ethyl adjacent to an activating group) is 1. The van der Waals surface area contributed by atoms with Crippen molar-refractivity contribution in [2.24, 2.45) is 0 Å². The second-order valence-corrected chi connectivity index (χ2v) is 27.7. The minimum Gasteiger partial charge on any atom is -0.462 e. The number of esters is 2. The average Bonchev–Trinajstić information content (AvgIpc) is 3.62. The fraction of sp³-hybridized carbons (Fsp3) is 0.750. The number of ether oxygens (including phenoxy) is 2. The minimum atomic E-state index is -4.40. The summed E-state index contributed by atoms with van der Waals surface area (Å²) in [6, 6.07) is 0. The molecular weight excluding hydrogens is 1130 g/mol. The first kappa shape index (κ1) is 86.7. The van der Waals surface area contributed by atoms with E-state index >= 15 is 0 Å². The normalized spacial score (nSPS) is 13.7. The van der Waals surface area contributed by atoms with Gasteiger partial charge in [-0.05, 0) is 96.3 Å². The van der Waals surface area contributed by atoms with Crippen LogP contribution >= 0.6 is 7.82 Å². The highest BCUT2D eigenvalue weighted by Crippen LogP contribution is 2.43. The van der Waals surface area contributed by atoms with Crippen molar-refractivity contribution >= 4 is 19.8 Å². The van der Waals surface area contributed by atoms with Crippen LogP contribution in [-0.4, -0.2) is 74.9 Å². The molecular formula is C80H143NO8P+. The molecule has 0 aliphatic rings. The third-order valence-corrected chi connectivity index (χ3v) is 17.3. The van der Waals surface area contributed by atoms with Gasteiger partial charge in [0.25, 0.3) is 0 Å². The molecule has 0 amide bonds. The van der Waals surface area contributed by atoms with E-state index in [0.29, 0.717) is 17.4 Å². The first-order chi connectivity index (χ1) is 44.0. The summed E-state index contributed by atoms with van der Waals surface area (Å²) in [7, 11) is 1.48. The van der Waals surface area contributed by atoms with Gasteiger partial charge in [-0.2, -0.15) is 0 Å². The van der Waals surface area contributed by atoms with Crippen LogP contribution in [0.25, 0.3) is 0 Å². The summed E-state index contributed by atoms with van der Waals surface area (Å²) in [5.41, 5.74) is 0. The Morgan fingerprint density at radius 2 is 0.600 bits per heavy atom. The predicted octanol–water partition coefficient (Wildman–Crippen LogP) is 24.8. The summed E-state index contributed by atoms with van der Waals surface area (Å²) in [5.74, 6) is -0.788. The molecule has 520 valence electrons. The van der Waals surface area contributed by atoms with E-state index in [0.717, 1.165) is 89.9 Å². The lowest BCUT2D eigenvalue weighted by Gasteiger charge is -2.24. The number of carbonyl (C=O) groups excluding carboxylic acids is 2. The van der Waals surface area contributed by atoms with Crippen molar-refractivity contribution in [2.75, 3.05) is 47.5 Å². The van der Waals surface area contributed by atoms with Gasteiger partial charge >= 0.3 is 19.8 Å². The molecule has 9 nitrogen and oxygen atoms in total. The van der Waals surface area contributed by atoms with E-state index in [1.54, 1.807) is 0 Å². The van der Waals surface area contributed by atoms with Crippen LogP contribution in [0.2, 0.25) is 0 Å². The van der Waals surface area contributed by atoms with Crippen molar-refractivity contribution in [1.29, 1.82) is 0 Å². The molecule has 2 atom stereocenters. The monoisotopic (exact) mass is 1280 g/mol. The number of phosphoric ester groups is 1. The van der Waals surface area contributed by atoms with Gasteiger partial charge < -0.3 is 18.9 Å². The Balaban J connectivity index is 3.93. The van der Waals surface area contributed by atoms with E-state index in [9.17, 15) is 19.0 Å². The molecule has 90 heavy (non-hydrogen) atoms. The molecule has 0 bridgehead atoms. The van der Waals surface area contributed by atoms with Gasteiger partial charge in [0.1, 0.15) is 19.8 Å². The van der Waals surface area contributed by atoms with Gasteiger partial charge in [-0.15, -0.1) is 0 Å². The van der Waals surface area contributed by atoms with Gasteiger partial charge in [0.15, 0.2) is 6.10 Å². The lowest BCUT2D eigenvalue weighted by molar-refractivity contribution is -0.870. The van der Waals surface area contributed by atoms with E-state index in [-0.39, 0.29) is 32.0 Å². The van der Waals surface area contributed by atoms with Crippen molar-refractivity contribution in [3.63, 3.8) is 0 Å². The summed E-state index contributed by atoms with van der Waals surface area (Å²) in [5, 5.41) is 0. The van der Waals surface area contributed by atoms with Gasteiger partial charge in [0, 0.05) is 12.8 Å².